The fourth-order valence-electron chi connectivity index (χ4n) is 2.14. The normalized spacial score (nSPS) is 13.6. The second-order valence-electron chi connectivity index (χ2n) is 5.55. The Kier molecular flexibility index (Phi) is 5.06. The van der Waals surface area contributed by atoms with Crippen LogP contribution in [0.4, 0.5) is 11.4 Å². The summed E-state index contributed by atoms with van der Waals surface area (Å²) in [4.78, 5) is 10.4. The number of benzene rings is 1. The summed E-state index contributed by atoms with van der Waals surface area (Å²) in [5, 5.41) is 32.8. The molecular formula is C14H19N3O3. The number of nitro benzene ring substituents is 1. The van der Waals surface area contributed by atoms with Gasteiger partial charge in [0.1, 0.15) is 5.69 Å². The highest BCUT2D eigenvalue weighted by atomic mass is 16.6. The van der Waals surface area contributed by atoms with Crippen molar-refractivity contribution in [3.63, 3.8) is 0 Å². The van der Waals surface area contributed by atoms with Gasteiger partial charge in [0.2, 0.25) is 0 Å². The van der Waals surface area contributed by atoms with Crippen LogP contribution in [-0.2, 0) is 0 Å². The van der Waals surface area contributed by atoms with E-state index in [2.05, 4.69) is 5.32 Å². The molecule has 20 heavy (non-hydrogen) atoms. The van der Waals surface area contributed by atoms with Gasteiger partial charge in [-0.15, -0.1) is 0 Å². The van der Waals surface area contributed by atoms with Crippen LogP contribution in [0.5, 0.6) is 0 Å². The Hall–Kier alpha value is -2.13. The predicted molar refractivity (Wildman–Crippen MR) is 76.4 cm³/mol. The zero-order valence-corrected chi connectivity index (χ0v) is 11.9. The van der Waals surface area contributed by atoms with Crippen molar-refractivity contribution < 1.29 is 10.0 Å². The minimum absolute atomic E-state index is 0.163. The zero-order chi connectivity index (χ0) is 15.3. The minimum atomic E-state index is -0.948. The Morgan fingerprint density at radius 3 is 2.70 bits per heavy atom. The van der Waals surface area contributed by atoms with Crippen molar-refractivity contribution >= 4 is 11.4 Å². The SMILES string of the molecule is CC(C)CC(C)(O)CNc1ccc(C#N)cc1[N+](=O)[O-]. The fourth-order valence-corrected chi connectivity index (χ4v) is 2.14. The molecule has 2 N–H and O–H groups in total. The third kappa shape index (κ3) is 4.52. The molecule has 0 radical (unpaired) electrons. The van der Waals surface area contributed by atoms with Gasteiger partial charge in [-0.05, 0) is 31.4 Å². The summed E-state index contributed by atoms with van der Waals surface area (Å²) in [6.07, 6.45) is 0.587. The highest BCUT2D eigenvalue weighted by Gasteiger charge is 2.23. The van der Waals surface area contributed by atoms with Gasteiger partial charge in [-0.3, -0.25) is 10.1 Å². The van der Waals surface area contributed by atoms with Crippen molar-refractivity contribution in [3.05, 3.63) is 33.9 Å². The molecule has 1 unspecified atom stereocenters. The van der Waals surface area contributed by atoms with E-state index in [1.807, 2.05) is 19.9 Å². The number of rotatable bonds is 6. The maximum atomic E-state index is 11.0. The van der Waals surface area contributed by atoms with Gasteiger partial charge in [0, 0.05) is 12.6 Å². The van der Waals surface area contributed by atoms with E-state index in [-0.39, 0.29) is 17.8 Å². The van der Waals surface area contributed by atoms with E-state index in [0.29, 0.717) is 18.0 Å². The number of hydrogen-bond donors (Lipinski definition) is 2. The number of nitrogens with zero attached hydrogens (tertiary/aromatic N) is 2. The van der Waals surface area contributed by atoms with Crippen LogP contribution < -0.4 is 5.32 Å². The van der Waals surface area contributed by atoms with E-state index < -0.39 is 10.5 Å². The van der Waals surface area contributed by atoms with Crippen LogP contribution in [0, 0.1) is 27.4 Å². The first-order valence-electron chi connectivity index (χ1n) is 6.40. The number of nitriles is 1. The lowest BCUT2D eigenvalue weighted by atomic mass is 9.94. The maximum absolute atomic E-state index is 11.0. The molecular weight excluding hydrogens is 258 g/mol. The molecule has 6 heteroatoms. The standard InChI is InChI=1S/C14H19N3O3/c1-10(2)7-14(3,18)9-16-12-5-4-11(8-15)6-13(12)17(19)20/h4-6,10,16,18H,7,9H2,1-3H3. The topological polar surface area (TPSA) is 99.2 Å². The van der Waals surface area contributed by atoms with Crippen LogP contribution in [-0.4, -0.2) is 22.2 Å². The summed E-state index contributed by atoms with van der Waals surface area (Å²) in [6.45, 7) is 5.89. The van der Waals surface area contributed by atoms with Gasteiger partial charge in [0.05, 0.1) is 22.2 Å². The number of hydrogen-bond acceptors (Lipinski definition) is 5. The minimum Gasteiger partial charge on any atom is -0.388 e. The third-order valence-electron chi connectivity index (χ3n) is 2.83. The Bertz CT molecular complexity index is 533. The van der Waals surface area contributed by atoms with Crippen molar-refractivity contribution in [1.82, 2.24) is 0 Å². The summed E-state index contributed by atoms with van der Waals surface area (Å²) in [6, 6.07) is 6.08. The lowest BCUT2D eigenvalue weighted by Gasteiger charge is -2.26. The molecule has 0 amide bonds. The quantitative estimate of drug-likeness (QED) is 0.615. The van der Waals surface area contributed by atoms with E-state index >= 15 is 0 Å². The molecule has 0 aliphatic heterocycles. The predicted octanol–water partition coefficient (Wildman–Crippen LogP) is 2.68. The van der Waals surface area contributed by atoms with E-state index in [4.69, 9.17) is 5.26 Å². The highest BCUT2D eigenvalue weighted by Crippen LogP contribution is 2.26. The summed E-state index contributed by atoms with van der Waals surface area (Å²) < 4.78 is 0. The second kappa shape index (κ2) is 6.35. The van der Waals surface area contributed by atoms with Gasteiger partial charge < -0.3 is 10.4 Å². The van der Waals surface area contributed by atoms with Crippen LogP contribution in [0.2, 0.25) is 0 Å². The van der Waals surface area contributed by atoms with Crippen LogP contribution in [0.15, 0.2) is 18.2 Å². The van der Waals surface area contributed by atoms with Crippen molar-refractivity contribution in [2.75, 3.05) is 11.9 Å². The molecule has 0 fully saturated rings. The first-order valence-corrected chi connectivity index (χ1v) is 6.40. The van der Waals surface area contributed by atoms with E-state index in [1.165, 1.54) is 18.2 Å². The van der Waals surface area contributed by atoms with Crippen molar-refractivity contribution in [2.24, 2.45) is 5.92 Å². The van der Waals surface area contributed by atoms with Crippen LogP contribution >= 0.6 is 0 Å². The van der Waals surface area contributed by atoms with E-state index in [1.54, 1.807) is 6.92 Å². The molecule has 0 aliphatic carbocycles. The lowest BCUT2D eigenvalue weighted by molar-refractivity contribution is -0.384. The highest BCUT2D eigenvalue weighted by molar-refractivity contribution is 5.64. The third-order valence-corrected chi connectivity index (χ3v) is 2.83. The van der Waals surface area contributed by atoms with Gasteiger partial charge >= 0.3 is 0 Å². The van der Waals surface area contributed by atoms with Crippen molar-refractivity contribution in [3.8, 4) is 6.07 Å². The number of nitro groups is 1. The lowest BCUT2D eigenvalue weighted by Crippen LogP contribution is -2.35. The van der Waals surface area contributed by atoms with Gasteiger partial charge in [0.15, 0.2) is 0 Å². The molecule has 108 valence electrons. The Balaban J connectivity index is 2.88. The molecule has 1 aromatic rings. The summed E-state index contributed by atoms with van der Waals surface area (Å²) in [7, 11) is 0. The molecule has 0 aliphatic rings. The number of aliphatic hydroxyl groups is 1. The Morgan fingerprint density at radius 1 is 1.55 bits per heavy atom. The van der Waals surface area contributed by atoms with E-state index in [9.17, 15) is 15.2 Å². The molecule has 0 saturated carbocycles. The molecule has 6 nitrogen and oxygen atoms in total. The zero-order valence-electron chi connectivity index (χ0n) is 11.9. The monoisotopic (exact) mass is 277 g/mol. The van der Waals surface area contributed by atoms with Gasteiger partial charge in [-0.25, -0.2) is 0 Å². The van der Waals surface area contributed by atoms with Crippen LogP contribution in [0.3, 0.4) is 0 Å². The fraction of sp³-hybridized carbons (Fsp3) is 0.500. The summed E-state index contributed by atoms with van der Waals surface area (Å²) in [5.74, 6) is 0.322. The molecule has 0 bridgehead atoms. The summed E-state index contributed by atoms with van der Waals surface area (Å²) in [5.41, 5.74) is -0.575. The number of nitrogens with one attached hydrogen (secondary N) is 1. The largest absolute Gasteiger partial charge is 0.388 e. The first-order chi connectivity index (χ1) is 9.25. The second-order valence-corrected chi connectivity index (χ2v) is 5.55. The average Bonchev–Trinajstić information content (AvgIpc) is 2.34. The molecule has 0 aromatic heterocycles. The van der Waals surface area contributed by atoms with Gasteiger partial charge in [0.25, 0.3) is 5.69 Å². The van der Waals surface area contributed by atoms with E-state index in [0.717, 1.165) is 0 Å². The maximum Gasteiger partial charge on any atom is 0.293 e. The molecule has 0 spiro atoms. The smallest absolute Gasteiger partial charge is 0.293 e. The van der Waals surface area contributed by atoms with Gasteiger partial charge in [-0.1, -0.05) is 13.8 Å². The summed E-state index contributed by atoms with van der Waals surface area (Å²) >= 11 is 0. The molecule has 1 atom stereocenters. The molecule has 1 rings (SSSR count). The molecule has 0 heterocycles. The van der Waals surface area contributed by atoms with Crippen molar-refractivity contribution in [1.29, 1.82) is 5.26 Å². The van der Waals surface area contributed by atoms with Gasteiger partial charge in [-0.2, -0.15) is 5.26 Å². The van der Waals surface area contributed by atoms with Crippen LogP contribution in [0.1, 0.15) is 32.8 Å². The van der Waals surface area contributed by atoms with Crippen LogP contribution in [0.25, 0.3) is 0 Å². The molecule has 0 saturated heterocycles. The Labute approximate surface area is 118 Å². The average molecular weight is 277 g/mol. The van der Waals surface area contributed by atoms with Crippen molar-refractivity contribution in [2.45, 2.75) is 32.8 Å². The number of anilines is 1. The molecule has 1 aromatic carbocycles. The Morgan fingerprint density at radius 2 is 2.20 bits per heavy atom. The first kappa shape index (κ1) is 15.9.